The third kappa shape index (κ3) is 7.58. The number of carbonyl (C=O) groups excluding carboxylic acids is 4. The molecule has 4 saturated heterocycles. The number of likely N-dealkylation sites (tertiary alicyclic amines) is 1. The summed E-state index contributed by atoms with van der Waals surface area (Å²) in [6.07, 6.45) is 3.43. The van der Waals surface area contributed by atoms with Gasteiger partial charge in [-0.1, -0.05) is 30.3 Å². The summed E-state index contributed by atoms with van der Waals surface area (Å²) in [4.78, 5) is 64.3. The summed E-state index contributed by atoms with van der Waals surface area (Å²) in [5, 5.41) is 2.27. The zero-order valence-corrected chi connectivity index (χ0v) is 32.9. The Hall–Kier alpha value is -4.65. The molecule has 0 spiro atoms. The number of fused-ring (bicyclic) bond motifs is 1. The molecule has 4 fully saturated rings. The van der Waals surface area contributed by atoms with Crippen molar-refractivity contribution in [3.05, 3.63) is 94.3 Å². The maximum atomic E-state index is 14.7. The molecule has 0 radical (unpaired) electrons. The van der Waals surface area contributed by atoms with Gasteiger partial charge in [0.2, 0.25) is 11.8 Å². The molecule has 12 heteroatoms. The SMILES string of the molecule is Cc1cccc(F)c1CN1C[C@H](c2ccc(N3CCN(CCC4CCN(c5cccc6c5C(=O)N(C5CCC(=O)NC5=O)C6=O)CC4)CC3)cc2)[C@@H](N(C)C)C1. The lowest BCUT2D eigenvalue weighted by Crippen LogP contribution is -2.54. The summed E-state index contributed by atoms with van der Waals surface area (Å²) in [7, 11) is 4.30. The van der Waals surface area contributed by atoms with Crippen LogP contribution in [0.25, 0.3) is 0 Å². The van der Waals surface area contributed by atoms with Crippen molar-refractivity contribution >= 4 is 35.0 Å². The Labute approximate surface area is 329 Å². The van der Waals surface area contributed by atoms with Gasteiger partial charge in [-0.05, 0) is 101 Å². The van der Waals surface area contributed by atoms with Crippen molar-refractivity contribution < 1.29 is 23.6 Å². The topological polar surface area (TPSA) is 99.7 Å². The molecule has 5 aliphatic rings. The van der Waals surface area contributed by atoms with E-state index in [0.717, 1.165) is 99.9 Å². The Balaban J connectivity index is 0.803. The van der Waals surface area contributed by atoms with Gasteiger partial charge in [0.05, 0.1) is 16.8 Å². The number of nitrogens with zero attached hydrogens (tertiary/aromatic N) is 6. The Morgan fingerprint density at radius 3 is 2.21 bits per heavy atom. The Morgan fingerprint density at radius 2 is 1.52 bits per heavy atom. The van der Waals surface area contributed by atoms with Gasteiger partial charge in [0.1, 0.15) is 11.9 Å². The summed E-state index contributed by atoms with van der Waals surface area (Å²) in [6.45, 7) is 11.2. The minimum atomic E-state index is -0.962. The van der Waals surface area contributed by atoms with Crippen molar-refractivity contribution in [2.75, 3.05) is 82.8 Å². The number of piperidine rings is 2. The maximum absolute atomic E-state index is 14.7. The molecule has 0 aromatic heterocycles. The van der Waals surface area contributed by atoms with Crippen molar-refractivity contribution in [1.29, 1.82) is 0 Å². The van der Waals surface area contributed by atoms with Crippen molar-refractivity contribution in [3.8, 4) is 0 Å². The van der Waals surface area contributed by atoms with Crippen LogP contribution in [-0.4, -0.2) is 128 Å². The highest BCUT2D eigenvalue weighted by Crippen LogP contribution is 2.37. The van der Waals surface area contributed by atoms with Gasteiger partial charge in [-0.15, -0.1) is 0 Å². The van der Waals surface area contributed by atoms with Crippen molar-refractivity contribution in [3.63, 3.8) is 0 Å². The number of amides is 4. The summed E-state index contributed by atoms with van der Waals surface area (Å²) < 4.78 is 14.7. The number of nitrogens with one attached hydrogen (secondary N) is 1. The molecule has 296 valence electrons. The average molecular weight is 764 g/mol. The van der Waals surface area contributed by atoms with Crippen LogP contribution in [0.2, 0.25) is 0 Å². The number of rotatable bonds is 10. The summed E-state index contributed by atoms with van der Waals surface area (Å²) in [6, 6.07) is 19.3. The third-order valence-corrected chi connectivity index (χ3v) is 13.1. The van der Waals surface area contributed by atoms with Crippen LogP contribution in [0.3, 0.4) is 0 Å². The number of hydrogen-bond donors (Lipinski definition) is 1. The number of aryl methyl sites for hydroxylation is 1. The molecule has 0 aliphatic carbocycles. The number of likely N-dealkylation sites (N-methyl/N-ethyl adjacent to an activating group) is 1. The third-order valence-electron chi connectivity index (χ3n) is 13.1. The fourth-order valence-corrected chi connectivity index (χ4v) is 9.69. The van der Waals surface area contributed by atoms with Crippen molar-refractivity contribution in [2.45, 2.75) is 63.6 Å². The van der Waals surface area contributed by atoms with Gasteiger partial charge >= 0.3 is 0 Å². The molecule has 11 nitrogen and oxygen atoms in total. The molecule has 56 heavy (non-hydrogen) atoms. The monoisotopic (exact) mass is 763 g/mol. The first-order chi connectivity index (χ1) is 27.0. The van der Waals surface area contributed by atoms with Crippen LogP contribution in [0.15, 0.2) is 60.7 Å². The molecular weight excluding hydrogens is 710 g/mol. The van der Waals surface area contributed by atoms with Crippen LogP contribution < -0.4 is 15.1 Å². The van der Waals surface area contributed by atoms with Crippen molar-refractivity contribution in [2.24, 2.45) is 5.92 Å². The number of benzene rings is 3. The average Bonchev–Trinajstić information content (AvgIpc) is 3.74. The molecule has 4 amide bonds. The number of hydrogen-bond acceptors (Lipinski definition) is 9. The quantitative estimate of drug-likeness (QED) is 0.300. The van der Waals surface area contributed by atoms with Gasteiger partial charge in [-0.25, -0.2) is 4.39 Å². The second kappa shape index (κ2) is 16.1. The van der Waals surface area contributed by atoms with E-state index in [0.29, 0.717) is 35.5 Å². The zero-order chi connectivity index (χ0) is 39.1. The predicted octanol–water partition coefficient (Wildman–Crippen LogP) is 4.49. The van der Waals surface area contributed by atoms with Gasteiger partial charge in [-0.2, -0.15) is 0 Å². The van der Waals surface area contributed by atoms with Crippen LogP contribution in [-0.2, 0) is 16.1 Å². The van der Waals surface area contributed by atoms with Crippen molar-refractivity contribution in [1.82, 2.24) is 24.9 Å². The Bertz CT molecular complexity index is 1950. The highest BCUT2D eigenvalue weighted by molar-refractivity contribution is 6.25. The fraction of sp³-hybridized carbons (Fsp3) is 0.500. The minimum absolute atomic E-state index is 0.105. The summed E-state index contributed by atoms with van der Waals surface area (Å²) in [5.74, 6) is -1.03. The molecule has 8 rings (SSSR count). The van der Waals surface area contributed by atoms with Gasteiger partial charge in [0.25, 0.3) is 11.8 Å². The lowest BCUT2D eigenvalue weighted by molar-refractivity contribution is -0.136. The van der Waals surface area contributed by atoms with Gasteiger partial charge in [0.15, 0.2) is 0 Å². The first-order valence-corrected chi connectivity index (χ1v) is 20.3. The number of halogens is 1. The van der Waals surface area contributed by atoms with E-state index >= 15 is 0 Å². The maximum Gasteiger partial charge on any atom is 0.264 e. The molecular formula is C44H54FN7O4. The zero-order valence-electron chi connectivity index (χ0n) is 32.9. The Kier molecular flexibility index (Phi) is 11.0. The molecule has 0 saturated carbocycles. The van der Waals surface area contributed by atoms with E-state index in [9.17, 15) is 23.6 Å². The van der Waals surface area contributed by atoms with Crippen LogP contribution in [0, 0.1) is 18.7 Å². The van der Waals surface area contributed by atoms with Crippen LogP contribution in [0.1, 0.15) is 75.4 Å². The number of carbonyl (C=O) groups is 4. The van der Waals surface area contributed by atoms with Crippen LogP contribution >= 0.6 is 0 Å². The Morgan fingerprint density at radius 1 is 0.786 bits per heavy atom. The van der Waals surface area contributed by atoms with E-state index in [4.69, 9.17) is 0 Å². The molecule has 0 bridgehead atoms. The van der Waals surface area contributed by atoms with E-state index in [2.05, 4.69) is 68.2 Å². The predicted molar refractivity (Wildman–Crippen MR) is 214 cm³/mol. The normalized spacial score (nSPS) is 24.1. The molecule has 3 aromatic carbocycles. The first-order valence-electron chi connectivity index (χ1n) is 20.3. The summed E-state index contributed by atoms with van der Waals surface area (Å²) in [5.41, 5.74) is 5.90. The van der Waals surface area contributed by atoms with E-state index in [-0.39, 0.29) is 24.6 Å². The highest BCUT2D eigenvalue weighted by atomic mass is 19.1. The second-order valence-electron chi connectivity index (χ2n) is 16.7. The molecule has 1 unspecified atom stereocenters. The number of imide groups is 2. The van der Waals surface area contributed by atoms with E-state index in [1.54, 1.807) is 18.2 Å². The van der Waals surface area contributed by atoms with E-state index < -0.39 is 23.8 Å². The standard InChI is InChI=1S/C44H54FN7O4/c1-29-6-4-8-36(45)34(29)26-49-27-35(39(28-49)47(2)3)31-10-12-32(13-11-31)50-24-22-48(23-25-50)19-16-30-17-20-51(21-18-30)37-9-5-7-33-41(37)44(56)52(43(33)55)38-14-15-40(53)46-42(38)54/h4-13,30,35,38-39H,14-28H2,1-3H3,(H,46,53,54)/t35-,38?,39+/m1/s1. The molecule has 5 heterocycles. The smallest absolute Gasteiger partial charge is 0.264 e. The molecule has 3 aromatic rings. The van der Waals surface area contributed by atoms with Gasteiger partial charge < -0.3 is 14.7 Å². The van der Waals surface area contributed by atoms with Crippen LogP contribution in [0.4, 0.5) is 15.8 Å². The van der Waals surface area contributed by atoms with Gasteiger partial charge in [-0.3, -0.25) is 39.2 Å². The van der Waals surface area contributed by atoms with E-state index in [1.807, 2.05) is 25.1 Å². The largest absolute Gasteiger partial charge is 0.371 e. The lowest BCUT2D eigenvalue weighted by atomic mass is 9.92. The second-order valence-corrected chi connectivity index (χ2v) is 16.7. The minimum Gasteiger partial charge on any atom is -0.371 e. The first kappa shape index (κ1) is 38.2. The fourth-order valence-electron chi connectivity index (χ4n) is 9.69. The molecule has 3 atom stereocenters. The highest BCUT2D eigenvalue weighted by Gasteiger charge is 2.46. The molecule has 5 aliphatic heterocycles. The van der Waals surface area contributed by atoms with E-state index in [1.165, 1.54) is 11.3 Å². The lowest BCUT2D eigenvalue weighted by Gasteiger charge is -2.38. The summed E-state index contributed by atoms with van der Waals surface area (Å²) >= 11 is 0. The van der Waals surface area contributed by atoms with Gasteiger partial charge in [0, 0.05) is 88.5 Å². The van der Waals surface area contributed by atoms with Crippen LogP contribution in [0.5, 0.6) is 0 Å². The number of piperazine rings is 1. The molecule has 1 N–H and O–H groups in total. The number of anilines is 2.